The van der Waals surface area contributed by atoms with Gasteiger partial charge in [-0.3, -0.25) is 0 Å². The van der Waals surface area contributed by atoms with E-state index in [1.807, 2.05) is 6.92 Å². The SMILES string of the molecule is COc1cc(C(F)(F)F)ccc1C(C)Br. The summed E-state index contributed by atoms with van der Waals surface area (Å²) in [6.07, 6.45) is -4.33. The number of ether oxygens (including phenoxy) is 1. The molecule has 0 aliphatic carbocycles. The lowest BCUT2D eigenvalue weighted by molar-refractivity contribution is -0.137. The van der Waals surface area contributed by atoms with Crippen LogP contribution in [-0.2, 0) is 6.18 Å². The van der Waals surface area contributed by atoms with E-state index in [9.17, 15) is 13.2 Å². The molecule has 0 spiro atoms. The summed E-state index contributed by atoms with van der Waals surface area (Å²) < 4.78 is 42.0. The summed E-state index contributed by atoms with van der Waals surface area (Å²) in [7, 11) is 1.36. The fourth-order valence-corrected chi connectivity index (χ4v) is 1.59. The second-order valence-corrected chi connectivity index (χ2v) is 4.44. The molecule has 0 fully saturated rings. The topological polar surface area (TPSA) is 9.23 Å². The second kappa shape index (κ2) is 4.43. The standard InChI is InChI=1S/C10H10BrF3O/c1-6(11)8-4-3-7(10(12,13)14)5-9(8)15-2/h3-6H,1-2H3. The van der Waals surface area contributed by atoms with E-state index in [4.69, 9.17) is 4.74 Å². The summed E-state index contributed by atoms with van der Waals surface area (Å²) in [5.74, 6) is 0.245. The number of halogens is 4. The molecule has 1 nitrogen and oxygen atoms in total. The quantitative estimate of drug-likeness (QED) is 0.740. The predicted octanol–water partition coefficient (Wildman–Crippen LogP) is 4.17. The fourth-order valence-electron chi connectivity index (χ4n) is 1.22. The number of benzene rings is 1. The van der Waals surface area contributed by atoms with Gasteiger partial charge < -0.3 is 4.74 Å². The van der Waals surface area contributed by atoms with Gasteiger partial charge in [0.15, 0.2) is 0 Å². The van der Waals surface area contributed by atoms with Crippen LogP contribution in [0.5, 0.6) is 5.75 Å². The molecule has 0 aromatic heterocycles. The summed E-state index contributed by atoms with van der Waals surface area (Å²) in [6, 6.07) is 3.48. The molecule has 1 rings (SSSR count). The highest BCUT2D eigenvalue weighted by Crippen LogP contribution is 2.36. The van der Waals surface area contributed by atoms with Gasteiger partial charge in [-0.15, -0.1) is 0 Å². The van der Waals surface area contributed by atoms with Gasteiger partial charge in [-0.05, 0) is 19.1 Å². The number of hydrogen-bond acceptors (Lipinski definition) is 1. The van der Waals surface area contributed by atoms with Crippen LogP contribution in [0.15, 0.2) is 18.2 Å². The van der Waals surface area contributed by atoms with Crippen LogP contribution in [0.25, 0.3) is 0 Å². The lowest BCUT2D eigenvalue weighted by Gasteiger charge is -2.13. The van der Waals surface area contributed by atoms with Gasteiger partial charge in [0.25, 0.3) is 0 Å². The molecule has 0 bridgehead atoms. The van der Waals surface area contributed by atoms with Crippen LogP contribution < -0.4 is 4.74 Å². The van der Waals surface area contributed by atoms with Gasteiger partial charge in [0, 0.05) is 10.4 Å². The summed E-state index contributed by atoms with van der Waals surface area (Å²) in [6.45, 7) is 1.82. The fraction of sp³-hybridized carbons (Fsp3) is 0.400. The number of hydrogen-bond donors (Lipinski definition) is 0. The predicted molar refractivity (Wildman–Crippen MR) is 55.3 cm³/mol. The van der Waals surface area contributed by atoms with E-state index in [1.165, 1.54) is 13.2 Å². The molecule has 0 amide bonds. The Kier molecular flexibility index (Phi) is 3.65. The molecule has 1 aromatic carbocycles. The Morgan fingerprint density at radius 1 is 1.33 bits per heavy atom. The van der Waals surface area contributed by atoms with E-state index in [0.29, 0.717) is 5.56 Å². The van der Waals surface area contributed by atoms with Crippen molar-refractivity contribution >= 4 is 15.9 Å². The van der Waals surface area contributed by atoms with Crippen LogP contribution in [0.4, 0.5) is 13.2 Å². The Hall–Kier alpha value is -0.710. The Bertz CT molecular complexity index is 347. The first-order chi connectivity index (χ1) is 6.86. The lowest BCUT2D eigenvalue weighted by Crippen LogP contribution is -2.06. The van der Waals surface area contributed by atoms with E-state index in [-0.39, 0.29) is 10.6 Å². The molecular formula is C10H10BrF3O. The molecule has 84 valence electrons. The molecule has 0 N–H and O–H groups in total. The third-order valence-electron chi connectivity index (χ3n) is 1.99. The molecule has 0 heterocycles. The maximum atomic E-state index is 12.4. The van der Waals surface area contributed by atoms with E-state index in [2.05, 4.69) is 15.9 Å². The van der Waals surface area contributed by atoms with Crippen LogP contribution in [0.1, 0.15) is 22.9 Å². The minimum Gasteiger partial charge on any atom is -0.496 e. The third-order valence-corrected chi connectivity index (χ3v) is 2.48. The summed E-state index contributed by atoms with van der Waals surface area (Å²) >= 11 is 3.29. The largest absolute Gasteiger partial charge is 0.496 e. The van der Waals surface area contributed by atoms with Gasteiger partial charge in [-0.2, -0.15) is 13.2 Å². The van der Waals surface area contributed by atoms with Crippen molar-refractivity contribution in [1.29, 1.82) is 0 Å². The highest BCUT2D eigenvalue weighted by molar-refractivity contribution is 9.09. The Labute approximate surface area is 94.4 Å². The molecular weight excluding hydrogens is 273 g/mol. The maximum absolute atomic E-state index is 12.4. The van der Waals surface area contributed by atoms with Gasteiger partial charge in [0.05, 0.1) is 12.7 Å². The average molecular weight is 283 g/mol. The zero-order valence-corrected chi connectivity index (χ0v) is 9.82. The first-order valence-corrected chi connectivity index (χ1v) is 5.17. The zero-order chi connectivity index (χ0) is 11.6. The van der Waals surface area contributed by atoms with Gasteiger partial charge in [0.2, 0.25) is 0 Å². The van der Waals surface area contributed by atoms with Crippen molar-refractivity contribution in [2.75, 3.05) is 7.11 Å². The number of methoxy groups -OCH3 is 1. The minimum absolute atomic E-state index is 0.0465. The Balaban J connectivity index is 3.19. The summed E-state index contributed by atoms with van der Waals surface area (Å²) in [4.78, 5) is -0.0465. The highest BCUT2D eigenvalue weighted by atomic mass is 79.9. The second-order valence-electron chi connectivity index (χ2n) is 3.07. The highest BCUT2D eigenvalue weighted by Gasteiger charge is 2.31. The van der Waals surface area contributed by atoms with E-state index in [0.717, 1.165) is 12.1 Å². The van der Waals surface area contributed by atoms with Crippen LogP contribution in [0.2, 0.25) is 0 Å². The van der Waals surface area contributed by atoms with Crippen LogP contribution in [-0.4, -0.2) is 7.11 Å². The zero-order valence-electron chi connectivity index (χ0n) is 8.23. The van der Waals surface area contributed by atoms with E-state index >= 15 is 0 Å². The Morgan fingerprint density at radius 2 is 1.93 bits per heavy atom. The van der Waals surface area contributed by atoms with Crippen LogP contribution in [0.3, 0.4) is 0 Å². The molecule has 15 heavy (non-hydrogen) atoms. The maximum Gasteiger partial charge on any atom is 0.416 e. The number of rotatable bonds is 2. The normalized spacial score (nSPS) is 13.7. The smallest absolute Gasteiger partial charge is 0.416 e. The molecule has 1 atom stereocenters. The third kappa shape index (κ3) is 2.87. The van der Waals surface area contributed by atoms with E-state index in [1.54, 1.807) is 0 Å². The Morgan fingerprint density at radius 3 is 2.33 bits per heavy atom. The first-order valence-electron chi connectivity index (χ1n) is 4.25. The van der Waals surface area contributed by atoms with Crippen LogP contribution >= 0.6 is 15.9 Å². The lowest BCUT2D eigenvalue weighted by atomic mass is 10.1. The van der Waals surface area contributed by atoms with E-state index < -0.39 is 11.7 Å². The van der Waals surface area contributed by atoms with Crippen LogP contribution in [0, 0.1) is 0 Å². The van der Waals surface area contributed by atoms with Crippen molar-refractivity contribution in [2.45, 2.75) is 17.9 Å². The van der Waals surface area contributed by atoms with Crippen molar-refractivity contribution in [3.8, 4) is 5.75 Å². The molecule has 5 heteroatoms. The van der Waals surface area contributed by atoms with Gasteiger partial charge >= 0.3 is 6.18 Å². The first kappa shape index (κ1) is 12.4. The van der Waals surface area contributed by atoms with Gasteiger partial charge in [0.1, 0.15) is 5.75 Å². The van der Waals surface area contributed by atoms with Crippen molar-refractivity contribution in [3.05, 3.63) is 29.3 Å². The molecule has 1 aromatic rings. The van der Waals surface area contributed by atoms with Crippen molar-refractivity contribution in [3.63, 3.8) is 0 Å². The van der Waals surface area contributed by atoms with Crippen molar-refractivity contribution in [1.82, 2.24) is 0 Å². The summed E-state index contributed by atoms with van der Waals surface area (Å²) in [5, 5.41) is 0. The minimum atomic E-state index is -4.33. The number of alkyl halides is 4. The molecule has 1 unspecified atom stereocenters. The van der Waals surface area contributed by atoms with Gasteiger partial charge in [-0.25, -0.2) is 0 Å². The monoisotopic (exact) mass is 282 g/mol. The van der Waals surface area contributed by atoms with Crippen molar-refractivity contribution < 1.29 is 17.9 Å². The molecule has 0 aliphatic heterocycles. The van der Waals surface area contributed by atoms with Crippen molar-refractivity contribution in [2.24, 2.45) is 0 Å². The molecule has 0 radical (unpaired) electrons. The molecule has 0 saturated heterocycles. The molecule has 0 saturated carbocycles. The molecule has 0 aliphatic rings. The van der Waals surface area contributed by atoms with Gasteiger partial charge in [-0.1, -0.05) is 22.0 Å². The average Bonchev–Trinajstić information content (AvgIpc) is 2.15. The summed E-state index contributed by atoms with van der Waals surface area (Å²) in [5.41, 5.74) is 0.00162.